The first-order valence-electron chi connectivity index (χ1n) is 6.10. The van der Waals surface area contributed by atoms with Crippen LogP contribution in [-0.4, -0.2) is 35.8 Å². The molecule has 6 nitrogen and oxygen atoms in total. The van der Waals surface area contributed by atoms with Gasteiger partial charge in [0.2, 0.25) is 0 Å². The van der Waals surface area contributed by atoms with Gasteiger partial charge in [-0.1, -0.05) is 6.07 Å². The number of para-hydroxylation sites is 1. The Morgan fingerprint density at radius 2 is 2.11 bits per heavy atom. The van der Waals surface area contributed by atoms with Crippen LogP contribution in [0.15, 0.2) is 18.2 Å². The summed E-state index contributed by atoms with van der Waals surface area (Å²) in [5.41, 5.74) is -0.585. The van der Waals surface area contributed by atoms with Crippen LogP contribution in [0.5, 0.6) is 5.75 Å². The Hall–Kier alpha value is -1.82. The highest BCUT2D eigenvalue weighted by molar-refractivity contribution is 5.69. The number of rotatable bonds is 6. The molecular formula is C13H20N2O4. The zero-order valence-corrected chi connectivity index (χ0v) is 11.7. The van der Waals surface area contributed by atoms with E-state index in [-0.39, 0.29) is 18.0 Å². The summed E-state index contributed by atoms with van der Waals surface area (Å²) >= 11 is 0. The van der Waals surface area contributed by atoms with Gasteiger partial charge in [-0.15, -0.1) is 0 Å². The number of nitrogens with zero attached hydrogens (tertiary/aromatic N) is 2. The highest BCUT2D eigenvalue weighted by Crippen LogP contribution is 2.37. The summed E-state index contributed by atoms with van der Waals surface area (Å²) in [5.74, 6) is 0.243. The van der Waals surface area contributed by atoms with Crippen LogP contribution in [0.25, 0.3) is 0 Å². The molecule has 0 amide bonds. The summed E-state index contributed by atoms with van der Waals surface area (Å²) in [5, 5.41) is 21.0. The Morgan fingerprint density at radius 3 is 2.58 bits per heavy atom. The van der Waals surface area contributed by atoms with Crippen LogP contribution in [0.4, 0.5) is 11.4 Å². The summed E-state index contributed by atoms with van der Waals surface area (Å²) in [6.45, 7) is 5.73. The predicted molar refractivity (Wildman–Crippen MR) is 73.8 cm³/mol. The molecule has 0 bridgehead atoms. The van der Waals surface area contributed by atoms with Crippen molar-refractivity contribution in [2.24, 2.45) is 0 Å². The molecule has 0 fully saturated rings. The number of aliphatic hydroxyl groups is 1. The van der Waals surface area contributed by atoms with Crippen molar-refractivity contribution in [3.8, 4) is 5.75 Å². The van der Waals surface area contributed by atoms with Crippen LogP contribution >= 0.6 is 0 Å². The van der Waals surface area contributed by atoms with E-state index in [4.69, 9.17) is 4.74 Å². The van der Waals surface area contributed by atoms with Crippen molar-refractivity contribution in [3.63, 3.8) is 0 Å². The molecule has 1 N–H and O–H groups in total. The van der Waals surface area contributed by atoms with Gasteiger partial charge in [-0.3, -0.25) is 10.1 Å². The van der Waals surface area contributed by atoms with E-state index >= 15 is 0 Å². The van der Waals surface area contributed by atoms with Gasteiger partial charge >= 0.3 is 5.69 Å². The molecule has 19 heavy (non-hydrogen) atoms. The van der Waals surface area contributed by atoms with Gasteiger partial charge < -0.3 is 14.7 Å². The Bertz CT molecular complexity index is 454. The molecular weight excluding hydrogens is 248 g/mol. The van der Waals surface area contributed by atoms with Crippen molar-refractivity contribution in [3.05, 3.63) is 28.3 Å². The van der Waals surface area contributed by atoms with Gasteiger partial charge in [0.25, 0.3) is 0 Å². The first-order valence-corrected chi connectivity index (χ1v) is 6.10. The normalized spacial score (nSPS) is 11.2. The monoisotopic (exact) mass is 268 g/mol. The summed E-state index contributed by atoms with van der Waals surface area (Å²) < 4.78 is 5.29. The second-order valence-electron chi connectivity index (χ2n) is 4.98. The van der Waals surface area contributed by atoms with E-state index in [2.05, 4.69) is 0 Å². The zero-order chi connectivity index (χ0) is 14.6. The molecule has 0 aliphatic carbocycles. The lowest BCUT2D eigenvalue weighted by Crippen LogP contribution is -2.36. The maximum Gasteiger partial charge on any atom is 0.333 e. The molecule has 6 heteroatoms. The maximum absolute atomic E-state index is 11.2. The number of ether oxygens (including phenoxy) is 1. The Kier molecular flexibility index (Phi) is 4.72. The fourth-order valence-electron chi connectivity index (χ4n) is 1.94. The van der Waals surface area contributed by atoms with Crippen molar-refractivity contribution < 1.29 is 14.8 Å². The minimum atomic E-state index is -0.940. The van der Waals surface area contributed by atoms with E-state index < -0.39 is 10.5 Å². The molecule has 106 valence electrons. The first kappa shape index (κ1) is 15.2. The van der Waals surface area contributed by atoms with E-state index in [9.17, 15) is 15.2 Å². The van der Waals surface area contributed by atoms with Gasteiger partial charge in [0.1, 0.15) is 5.69 Å². The van der Waals surface area contributed by atoms with Crippen LogP contribution in [0.3, 0.4) is 0 Å². The SMILES string of the molecule is CCOc1cccc(N(C)CC(C)(C)O)c1[N+](=O)[O-]. The summed E-state index contributed by atoms with van der Waals surface area (Å²) in [4.78, 5) is 12.4. The Balaban J connectivity index is 3.19. The van der Waals surface area contributed by atoms with E-state index in [0.29, 0.717) is 12.3 Å². The van der Waals surface area contributed by atoms with E-state index in [1.807, 2.05) is 0 Å². The third-order valence-corrected chi connectivity index (χ3v) is 2.50. The molecule has 1 rings (SSSR count). The third-order valence-electron chi connectivity index (χ3n) is 2.50. The van der Waals surface area contributed by atoms with Crippen molar-refractivity contribution in [1.82, 2.24) is 0 Å². The van der Waals surface area contributed by atoms with Gasteiger partial charge in [0, 0.05) is 13.6 Å². The number of hydrogen-bond acceptors (Lipinski definition) is 5. The Labute approximate surface area is 112 Å². The lowest BCUT2D eigenvalue weighted by Gasteiger charge is -2.27. The molecule has 0 saturated heterocycles. The quantitative estimate of drug-likeness (QED) is 0.632. The number of likely N-dealkylation sites (N-methyl/N-ethyl adjacent to an activating group) is 1. The standard InChI is InChI=1S/C13H20N2O4/c1-5-19-11-8-6-7-10(12(11)15(17)18)14(4)9-13(2,3)16/h6-8,16H,5,9H2,1-4H3. The minimum absolute atomic E-state index is 0.0731. The van der Waals surface area contributed by atoms with E-state index in [1.54, 1.807) is 50.9 Å². The minimum Gasteiger partial charge on any atom is -0.487 e. The van der Waals surface area contributed by atoms with Gasteiger partial charge in [-0.05, 0) is 32.9 Å². The van der Waals surface area contributed by atoms with Crippen molar-refractivity contribution >= 4 is 11.4 Å². The number of benzene rings is 1. The molecule has 0 unspecified atom stereocenters. The molecule has 1 aromatic rings. The van der Waals surface area contributed by atoms with Crippen molar-refractivity contribution in [2.45, 2.75) is 26.4 Å². The molecule has 0 spiro atoms. The smallest absolute Gasteiger partial charge is 0.333 e. The second kappa shape index (κ2) is 5.88. The average molecular weight is 268 g/mol. The van der Waals surface area contributed by atoms with Crippen molar-refractivity contribution in [1.29, 1.82) is 0 Å². The van der Waals surface area contributed by atoms with Gasteiger partial charge in [0.15, 0.2) is 5.75 Å². The number of hydrogen-bond donors (Lipinski definition) is 1. The number of nitro groups is 1. The molecule has 0 atom stereocenters. The summed E-state index contributed by atoms with van der Waals surface area (Å²) in [6.07, 6.45) is 0. The Morgan fingerprint density at radius 1 is 1.47 bits per heavy atom. The lowest BCUT2D eigenvalue weighted by atomic mass is 10.1. The van der Waals surface area contributed by atoms with Crippen LogP contribution in [0.1, 0.15) is 20.8 Å². The topological polar surface area (TPSA) is 75.8 Å². The van der Waals surface area contributed by atoms with Crippen LogP contribution in [0.2, 0.25) is 0 Å². The predicted octanol–water partition coefficient (Wildman–Crippen LogP) is 2.20. The van der Waals surface area contributed by atoms with E-state index in [0.717, 1.165) is 0 Å². The first-order chi connectivity index (χ1) is 8.76. The molecule has 0 heterocycles. The second-order valence-corrected chi connectivity index (χ2v) is 4.98. The van der Waals surface area contributed by atoms with Gasteiger partial charge in [0.05, 0.1) is 17.1 Å². The zero-order valence-electron chi connectivity index (χ0n) is 11.7. The van der Waals surface area contributed by atoms with Gasteiger partial charge in [-0.25, -0.2) is 0 Å². The molecule has 1 aromatic carbocycles. The molecule has 0 aromatic heterocycles. The number of anilines is 1. The summed E-state index contributed by atoms with van der Waals surface area (Å²) in [6, 6.07) is 4.92. The molecule has 0 aliphatic heterocycles. The highest BCUT2D eigenvalue weighted by Gasteiger charge is 2.26. The third kappa shape index (κ3) is 4.10. The maximum atomic E-state index is 11.2. The molecule has 0 aliphatic rings. The highest BCUT2D eigenvalue weighted by atomic mass is 16.6. The van der Waals surface area contributed by atoms with E-state index in [1.165, 1.54) is 0 Å². The fraction of sp³-hybridized carbons (Fsp3) is 0.538. The van der Waals surface area contributed by atoms with Crippen LogP contribution in [0, 0.1) is 10.1 Å². The summed E-state index contributed by atoms with van der Waals surface area (Å²) in [7, 11) is 1.70. The molecule has 0 saturated carbocycles. The van der Waals surface area contributed by atoms with Crippen molar-refractivity contribution in [2.75, 3.05) is 25.1 Å². The van der Waals surface area contributed by atoms with Crippen LogP contribution in [-0.2, 0) is 0 Å². The van der Waals surface area contributed by atoms with Crippen LogP contribution < -0.4 is 9.64 Å². The fourth-order valence-corrected chi connectivity index (χ4v) is 1.94. The molecule has 0 radical (unpaired) electrons. The van der Waals surface area contributed by atoms with Gasteiger partial charge in [-0.2, -0.15) is 0 Å². The number of nitro benzene ring substituents is 1. The average Bonchev–Trinajstić information content (AvgIpc) is 2.26. The lowest BCUT2D eigenvalue weighted by molar-refractivity contribution is -0.385. The largest absolute Gasteiger partial charge is 0.487 e.